The molecule has 3 saturated carbocycles. The second kappa shape index (κ2) is 6.36. The number of ether oxygens (including phenoxy) is 1. The molecule has 0 spiro atoms. The van der Waals surface area contributed by atoms with Crippen LogP contribution in [0, 0.1) is 39.4 Å². The van der Waals surface area contributed by atoms with E-state index in [0.717, 1.165) is 30.8 Å². The lowest BCUT2D eigenvalue weighted by atomic mass is 9.35. The Hall–Kier alpha value is -0.830. The van der Waals surface area contributed by atoms with Gasteiger partial charge in [-0.05, 0) is 91.4 Å². The van der Waals surface area contributed by atoms with Crippen molar-refractivity contribution in [3.05, 3.63) is 11.1 Å². The second-order valence-corrected chi connectivity index (χ2v) is 12.6. The molecule has 168 valence electrons. The number of carbonyl (C=O) groups excluding carboxylic acids is 1. The van der Waals surface area contributed by atoms with Gasteiger partial charge in [-0.3, -0.25) is 0 Å². The zero-order valence-corrected chi connectivity index (χ0v) is 20.0. The molecule has 4 aliphatic carbocycles. The highest BCUT2D eigenvalue weighted by molar-refractivity contribution is 5.94. The molecule has 1 N–H and O–H groups in total. The molecule has 9 atom stereocenters. The Labute approximate surface area is 183 Å². The number of hydrogen-bond acceptors (Lipinski definition) is 3. The van der Waals surface area contributed by atoms with E-state index in [1.807, 2.05) is 6.92 Å². The lowest BCUT2D eigenvalue weighted by Gasteiger charge is -2.70. The van der Waals surface area contributed by atoms with E-state index in [-0.39, 0.29) is 17.5 Å². The van der Waals surface area contributed by atoms with Gasteiger partial charge in [-0.1, -0.05) is 47.5 Å². The van der Waals surface area contributed by atoms with Crippen molar-refractivity contribution in [1.29, 1.82) is 0 Å². The van der Waals surface area contributed by atoms with E-state index < -0.39 is 11.5 Å². The summed E-state index contributed by atoms with van der Waals surface area (Å²) in [5.74, 6) is 1.51. The molecule has 0 amide bonds. The van der Waals surface area contributed by atoms with Crippen molar-refractivity contribution in [3.63, 3.8) is 0 Å². The highest BCUT2D eigenvalue weighted by atomic mass is 16.5. The summed E-state index contributed by atoms with van der Waals surface area (Å²) in [6.07, 6.45) is 10.1. The Balaban J connectivity index is 1.59. The smallest absolute Gasteiger partial charge is 0.335 e. The van der Waals surface area contributed by atoms with Crippen molar-refractivity contribution >= 4 is 5.97 Å². The molecule has 1 unspecified atom stereocenters. The van der Waals surface area contributed by atoms with Crippen LogP contribution in [0.15, 0.2) is 11.1 Å². The summed E-state index contributed by atoms with van der Waals surface area (Å²) >= 11 is 0. The molecule has 0 aromatic carbocycles. The van der Waals surface area contributed by atoms with Gasteiger partial charge in [-0.25, -0.2) is 4.79 Å². The summed E-state index contributed by atoms with van der Waals surface area (Å²) in [5, 5.41) is 11.7. The van der Waals surface area contributed by atoms with Gasteiger partial charge in [0.2, 0.25) is 0 Å². The van der Waals surface area contributed by atoms with Crippen LogP contribution in [0.1, 0.15) is 99.3 Å². The molecule has 0 aromatic heterocycles. The Morgan fingerprint density at radius 2 is 1.70 bits per heavy atom. The summed E-state index contributed by atoms with van der Waals surface area (Å²) < 4.78 is 5.66. The number of fused-ring (bicyclic) bond motifs is 6. The van der Waals surface area contributed by atoms with Gasteiger partial charge in [0, 0.05) is 11.0 Å². The average Bonchev–Trinajstić information content (AvgIpc) is 2.98. The zero-order valence-electron chi connectivity index (χ0n) is 20.0. The Morgan fingerprint density at radius 3 is 2.40 bits per heavy atom. The van der Waals surface area contributed by atoms with Crippen molar-refractivity contribution in [2.45, 2.75) is 112 Å². The highest BCUT2D eigenvalue weighted by Crippen LogP contribution is 2.73. The molecule has 3 heteroatoms. The largest absolute Gasteiger partial charge is 0.455 e. The highest BCUT2D eigenvalue weighted by Gasteiger charge is 2.69. The van der Waals surface area contributed by atoms with Crippen molar-refractivity contribution < 1.29 is 14.6 Å². The van der Waals surface area contributed by atoms with Crippen LogP contribution in [0.5, 0.6) is 0 Å². The normalized spacial score (nSPS) is 55.3. The van der Waals surface area contributed by atoms with Crippen LogP contribution in [0.25, 0.3) is 0 Å². The number of carbonyl (C=O) groups is 1. The molecule has 1 aliphatic heterocycles. The minimum Gasteiger partial charge on any atom is -0.455 e. The molecular weight excluding hydrogens is 372 g/mol. The first-order valence-electron chi connectivity index (χ1n) is 12.6. The van der Waals surface area contributed by atoms with Crippen LogP contribution in [-0.4, -0.2) is 23.3 Å². The fourth-order valence-electron chi connectivity index (χ4n) is 10.0. The molecule has 30 heavy (non-hydrogen) atoms. The lowest BCUT2D eigenvalue weighted by molar-refractivity contribution is -0.220. The van der Waals surface area contributed by atoms with Gasteiger partial charge in [-0.15, -0.1) is 0 Å². The summed E-state index contributed by atoms with van der Waals surface area (Å²) in [6, 6.07) is 0. The first-order chi connectivity index (χ1) is 14.0. The van der Waals surface area contributed by atoms with Crippen LogP contribution in [0.3, 0.4) is 0 Å². The molecule has 3 fully saturated rings. The van der Waals surface area contributed by atoms with Crippen molar-refractivity contribution in [1.82, 2.24) is 0 Å². The monoisotopic (exact) mass is 414 g/mol. The van der Waals surface area contributed by atoms with Crippen LogP contribution < -0.4 is 0 Å². The van der Waals surface area contributed by atoms with Crippen LogP contribution in [0.2, 0.25) is 0 Å². The van der Waals surface area contributed by atoms with Gasteiger partial charge >= 0.3 is 5.97 Å². The van der Waals surface area contributed by atoms with E-state index in [2.05, 4.69) is 34.6 Å². The number of rotatable bonds is 1. The summed E-state index contributed by atoms with van der Waals surface area (Å²) in [5.41, 5.74) is 2.51. The molecule has 0 bridgehead atoms. The van der Waals surface area contributed by atoms with Gasteiger partial charge in [0.1, 0.15) is 6.10 Å². The first-order valence-corrected chi connectivity index (χ1v) is 12.6. The third kappa shape index (κ3) is 2.34. The number of cyclic esters (lactones) is 1. The van der Waals surface area contributed by atoms with E-state index in [1.54, 1.807) is 0 Å². The molecule has 3 nitrogen and oxygen atoms in total. The topological polar surface area (TPSA) is 46.5 Å². The van der Waals surface area contributed by atoms with Gasteiger partial charge in [0.05, 0.1) is 6.10 Å². The molecule has 0 saturated heterocycles. The third-order valence-electron chi connectivity index (χ3n) is 11.7. The SMILES string of the molecule is CCC1(C)CCC[C@]2(C)[C@H]3C[C@@H](O)[C@]4(C)C5=C(CC[C@H]4[C@]3(C)CC[C@@H]12)[C@H](C)OC5=O. The van der Waals surface area contributed by atoms with Gasteiger partial charge < -0.3 is 9.84 Å². The van der Waals surface area contributed by atoms with Crippen molar-refractivity contribution in [2.75, 3.05) is 0 Å². The second-order valence-electron chi connectivity index (χ2n) is 12.6. The van der Waals surface area contributed by atoms with E-state index in [9.17, 15) is 9.90 Å². The van der Waals surface area contributed by atoms with Crippen LogP contribution in [-0.2, 0) is 9.53 Å². The average molecular weight is 415 g/mol. The Bertz CT molecular complexity index is 800. The van der Waals surface area contributed by atoms with E-state index >= 15 is 0 Å². The number of aliphatic hydroxyl groups is 1. The molecule has 5 rings (SSSR count). The predicted molar refractivity (Wildman–Crippen MR) is 119 cm³/mol. The molecular formula is C27H42O3. The van der Waals surface area contributed by atoms with Crippen LogP contribution in [0.4, 0.5) is 0 Å². The Morgan fingerprint density at radius 1 is 1.00 bits per heavy atom. The maximum absolute atomic E-state index is 12.9. The van der Waals surface area contributed by atoms with Crippen molar-refractivity contribution in [3.8, 4) is 0 Å². The van der Waals surface area contributed by atoms with E-state index in [4.69, 9.17) is 4.74 Å². The lowest BCUT2D eigenvalue weighted by Crippen LogP contribution is -2.65. The minimum atomic E-state index is -0.452. The fourth-order valence-corrected chi connectivity index (χ4v) is 10.0. The minimum absolute atomic E-state index is 0.111. The van der Waals surface area contributed by atoms with Gasteiger partial charge in [-0.2, -0.15) is 0 Å². The standard InChI is InChI=1S/C27H42O3/c1-7-24(3)12-8-13-25(4)18(24)11-14-26(5)19-10-9-17-16(2)30-23(29)22(17)27(19,6)21(28)15-20(25)26/h16,18-21,28H,7-15H2,1-6H3/t16-,18-,19-,20+,21+,24?,25-,26-,27+/m0/s1. The summed E-state index contributed by atoms with van der Waals surface area (Å²) in [4.78, 5) is 12.9. The molecule has 0 radical (unpaired) electrons. The molecule has 0 aromatic rings. The summed E-state index contributed by atoms with van der Waals surface area (Å²) in [7, 11) is 0. The van der Waals surface area contributed by atoms with Crippen LogP contribution >= 0.6 is 0 Å². The predicted octanol–water partition coefficient (Wildman–Crippen LogP) is 6.05. The fraction of sp³-hybridized carbons (Fsp3) is 0.889. The van der Waals surface area contributed by atoms with E-state index in [1.165, 1.54) is 44.1 Å². The zero-order chi connectivity index (χ0) is 21.7. The quantitative estimate of drug-likeness (QED) is 0.531. The van der Waals surface area contributed by atoms with E-state index in [0.29, 0.717) is 22.7 Å². The first kappa shape index (κ1) is 21.0. The molecule has 1 heterocycles. The number of hydrogen-bond donors (Lipinski definition) is 1. The van der Waals surface area contributed by atoms with Gasteiger partial charge in [0.25, 0.3) is 0 Å². The maximum atomic E-state index is 12.9. The third-order valence-corrected chi connectivity index (χ3v) is 11.7. The van der Waals surface area contributed by atoms with Gasteiger partial charge in [0.15, 0.2) is 0 Å². The maximum Gasteiger partial charge on any atom is 0.335 e. The summed E-state index contributed by atoms with van der Waals surface area (Å²) in [6.45, 7) is 14.2. The number of aliphatic hydroxyl groups excluding tert-OH is 1. The number of esters is 1. The van der Waals surface area contributed by atoms with Crippen molar-refractivity contribution in [2.24, 2.45) is 39.4 Å². The Kier molecular flexibility index (Phi) is 4.46. The molecule has 5 aliphatic rings.